The molecule has 2 atom stereocenters. The third kappa shape index (κ3) is 3.59. The van der Waals surface area contributed by atoms with Gasteiger partial charge < -0.3 is 5.11 Å². The molecule has 0 unspecified atom stereocenters. The van der Waals surface area contributed by atoms with Crippen LogP contribution in [0.3, 0.4) is 0 Å². The van der Waals surface area contributed by atoms with E-state index in [2.05, 4.69) is 17.0 Å². The molecule has 2 aromatic rings. The number of aliphatic hydroxyl groups excluding tert-OH is 1. The maximum atomic E-state index is 13.6. The summed E-state index contributed by atoms with van der Waals surface area (Å²) in [6.45, 7) is 1.74. The molecule has 2 aliphatic rings. The molecule has 1 N–H and O–H groups in total. The quantitative estimate of drug-likeness (QED) is 0.828. The Hall–Kier alpha value is -1.97. The highest BCUT2D eigenvalue weighted by molar-refractivity contribution is 6.04. The topological polar surface area (TPSA) is 40.5 Å². The van der Waals surface area contributed by atoms with Crippen molar-refractivity contribution in [3.05, 3.63) is 71.8 Å². The van der Waals surface area contributed by atoms with E-state index < -0.39 is 5.41 Å². The number of carbonyl (C=O) groups excluding carboxylic acids is 1. The van der Waals surface area contributed by atoms with Crippen LogP contribution in [0, 0.1) is 0 Å². The van der Waals surface area contributed by atoms with Gasteiger partial charge in [-0.25, -0.2) is 0 Å². The van der Waals surface area contributed by atoms with Gasteiger partial charge in [0.2, 0.25) is 0 Å². The zero-order valence-electron chi connectivity index (χ0n) is 15.9. The van der Waals surface area contributed by atoms with E-state index in [1.54, 1.807) is 0 Å². The molecule has 3 nitrogen and oxygen atoms in total. The molecule has 27 heavy (non-hydrogen) atoms. The summed E-state index contributed by atoms with van der Waals surface area (Å²) in [6.07, 6.45) is 5.73. The average molecular weight is 364 g/mol. The van der Waals surface area contributed by atoms with Gasteiger partial charge in [-0.1, -0.05) is 73.5 Å². The Bertz CT molecular complexity index is 750. The molecule has 0 aromatic heterocycles. The number of Topliss-reactive ketones (excluding diaryl/α,β-unsaturated/α-hetero) is 1. The van der Waals surface area contributed by atoms with Crippen molar-refractivity contribution in [1.29, 1.82) is 0 Å². The molecule has 3 heteroatoms. The van der Waals surface area contributed by atoms with E-state index in [1.165, 1.54) is 6.42 Å². The third-order valence-corrected chi connectivity index (χ3v) is 6.61. The fourth-order valence-electron chi connectivity index (χ4n) is 5.02. The van der Waals surface area contributed by atoms with Crippen LogP contribution < -0.4 is 0 Å². The van der Waals surface area contributed by atoms with Gasteiger partial charge in [-0.2, -0.15) is 0 Å². The lowest BCUT2D eigenvalue weighted by Crippen LogP contribution is -2.53. The number of benzene rings is 2. The first-order valence-electron chi connectivity index (χ1n) is 10.3. The molecular formula is C24H29NO2. The first kappa shape index (κ1) is 18.4. The van der Waals surface area contributed by atoms with Crippen molar-refractivity contribution < 1.29 is 9.90 Å². The SMILES string of the molecule is O=C(c1ccccc1)C1(c2ccccc2)CCN([C@@H]2CCCC[C@H]2O)CC1. The van der Waals surface area contributed by atoms with Crippen molar-refractivity contribution in [2.24, 2.45) is 0 Å². The molecule has 1 saturated heterocycles. The minimum atomic E-state index is -0.460. The average Bonchev–Trinajstić information content (AvgIpc) is 2.75. The molecule has 4 rings (SSSR count). The highest BCUT2D eigenvalue weighted by Gasteiger charge is 2.44. The van der Waals surface area contributed by atoms with Gasteiger partial charge >= 0.3 is 0 Å². The number of ketones is 1. The molecule has 1 aliphatic carbocycles. The maximum Gasteiger partial charge on any atom is 0.173 e. The number of hydrogen-bond acceptors (Lipinski definition) is 3. The molecule has 0 spiro atoms. The second kappa shape index (κ2) is 7.95. The van der Waals surface area contributed by atoms with Gasteiger partial charge in [0.25, 0.3) is 0 Å². The monoisotopic (exact) mass is 363 g/mol. The van der Waals surface area contributed by atoms with Gasteiger partial charge in [-0.3, -0.25) is 9.69 Å². The molecule has 2 fully saturated rings. The van der Waals surface area contributed by atoms with Crippen LogP contribution >= 0.6 is 0 Å². The van der Waals surface area contributed by atoms with Crippen LogP contribution in [0.2, 0.25) is 0 Å². The van der Waals surface area contributed by atoms with E-state index in [9.17, 15) is 9.90 Å². The fraction of sp³-hybridized carbons (Fsp3) is 0.458. The zero-order valence-corrected chi connectivity index (χ0v) is 15.9. The summed E-state index contributed by atoms with van der Waals surface area (Å²) in [6, 6.07) is 20.3. The second-order valence-electron chi connectivity index (χ2n) is 8.10. The summed E-state index contributed by atoms with van der Waals surface area (Å²) in [5.74, 6) is 0.234. The summed E-state index contributed by atoms with van der Waals surface area (Å²) in [7, 11) is 0. The van der Waals surface area contributed by atoms with Crippen LogP contribution in [-0.4, -0.2) is 41.0 Å². The molecule has 142 valence electrons. The molecule has 0 bridgehead atoms. The Labute approximate surface area is 162 Å². The smallest absolute Gasteiger partial charge is 0.173 e. The lowest BCUT2D eigenvalue weighted by Gasteiger charge is -2.46. The summed E-state index contributed by atoms with van der Waals surface area (Å²) < 4.78 is 0. The van der Waals surface area contributed by atoms with E-state index in [0.717, 1.165) is 56.3 Å². The van der Waals surface area contributed by atoms with Gasteiger partial charge in [-0.15, -0.1) is 0 Å². The van der Waals surface area contributed by atoms with Crippen LogP contribution in [0.1, 0.15) is 54.4 Å². The van der Waals surface area contributed by atoms with Crippen molar-refractivity contribution >= 4 is 5.78 Å². The van der Waals surface area contributed by atoms with Crippen molar-refractivity contribution in [2.45, 2.75) is 56.1 Å². The predicted octanol–water partition coefficient (Wildman–Crippen LogP) is 4.21. The molecular weight excluding hydrogens is 334 g/mol. The van der Waals surface area contributed by atoms with Crippen LogP contribution in [-0.2, 0) is 5.41 Å². The third-order valence-electron chi connectivity index (χ3n) is 6.61. The number of aliphatic hydroxyl groups is 1. The van der Waals surface area contributed by atoms with Crippen molar-refractivity contribution in [1.82, 2.24) is 4.90 Å². The van der Waals surface area contributed by atoms with Gasteiger partial charge in [0.1, 0.15) is 0 Å². The van der Waals surface area contributed by atoms with Gasteiger partial charge in [0.05, 0.1) is 11.5 Å². The Balaban J connectivity index is 1.61. The number of rotatable bonds is 4. The molecule has 0 amide bonds. The highest BCUT2D eigenvalue weighted by atomic mass is 16.3. The van der Waals surface area contributed by atoms with E-state index in [1.807, 2.05) is 48.5 Å². The zero-order chi connectivity index (χ0) is 18.7. The lowest BCUT2D eigenvalue weighted by molar-refractivity contribution is 0.00104. The summed E-state index contributed by atoms with van der Waals surface area (Å²) in [4.78, 5) is 16.0. The summed E-state index contributed by atoms with van der Waals surface area (Å²) in [5, 5.41) is 10.4. The predicted molar refractivity (Wildman–Crippen MR) is 108 cm³/mol. The standard InChI is InChI=1S/C24H29NO2/c26-22-14-8-7-13-21(22)25-17-15-24(16-18-25,20-11-5-2-6-12-20)23(27)19-9-3-1-4-10-19/h1-6,9-12,21-22,26H,7-8,13-18H2/t21-,22-/m1/s1. The number of hydrogen-bond donors (Lipinski definition) is 1. The molecule has 1 saturated carbocycles. The number of likely N-dealkylation sites (tertiary alicyclic amines) is 1. The van der Waals surface area contributed by atoms with Crippen LogP contribution in [0.25, 0.3) is 0 Å². The second-order valence-corrected chi connectivity index (χ2v) is 8.10. The minimum Gasteiger partial charge on any atom is -0.391 e. The van der Waals surface area contributed by atoms with Crippen molar-refractivity contribution in [3.63, 3.8) is 0 Å². The lowest BCUT2D eigenvalue weighted by atomic mass is 9.67. The molecule has 2 aromatic carbocycles. The van der Waals surface area contributed by atoms with Gasteiger partial charge in [0, 0.05) is 11.6 Å². The minimum absolute atomic E-state index is 0.215. The Morgan fingerprint density at radius 1 is 0.889 bits per heavy atom. The summed E-state index contributed by atoms with van der Waals surface area (Å²) >= 11 is 0. The van der Waals surface area contributed by atoms with E-state index in [0.29, 0.717) is 0 Å². The largest absolute Gasteiger partial charge is 0.391 e. The Kier molecular flexibility index (Phi) is 5.42. The van der Waals surface area contributed by atoms with Crippen LogP contribution in [0.15, 0.2) is 60.7 Å². The van der Waals surface area contributed by atoms with E-state index in [4.69, 9.17) is 0 Å². The normalized spacial score (nSPS) is 25.8. The van der Waals surface area contributed by atoms with E-state index >= 15 is 0 Å². The number of carbonyl (C=O) groups is 1. The molecule has 1 aliphatic heterocycles. The van der Waals surface area contributed by atoms with Crippen LogP contribution in [0.5, 0.6) is 0 Å². The maximum absolute atomic E-state index is 13.6. The van der Waals surface area contributed by atoms with Gasteiger partial charge in [0.15, 0.2) is 5.78 Å². The number of nitrogens with zero attached hydrogens (tertiary/aromatic N) is 1. The van der Waals surface area contributed by atoms with Crippen molar-refractivity contribution in [2.75, 3.05) is 13.1 Å². The first-order chi connectivity index (χ1) is 13.2. The summed E-state index contributed by atoms with van der Waals surface area (Å²) in [5.41, 5.74) is 1.47. The Morgan fingerprint density at radius 2 is 1.48 bits per heavy atom. The highest BCUT2D eigenvalue weighted by Crippen LogP contribution is 2.40. The molecule has 1 heterocycles. The van der Waals surface area contributed by atoms with Crippen molar-refractivity contribution in [3.8, 4) is 0 Å². The molecule has 0 radical (unpaired) electrons. The van der Waals surface area contributed by atoms with E-state index in [-0.39, 0.29) is 17.9 Å². The first-order valence-corrected chi connectivity index (χ1v) is 10.3. The van der Waals surface area contributed by atoms with Gasteiger partial charge in [-0.05, 0) is 44.3 Å². The van der Waals surface area contributed by atoms with Crippen LogP contribution in [0.4, 0.5) is 0 Å². The number of piperidine rings is 1. The fourth-order valence-corrected chi connectivity index (χ4v) is 5.02. The Morgan fingerprint density at radius 3 is 2.11 bits per heavy atom.